The molecule has 1 aliphatic heterocycles. The second kappa shape index (κ2) is 9.95. The molecule has 0 bridgehead atoms. The number of nitrogens with zero attached hydrogens (tertiary/aromatic N) is 2. The minimum Gasteiger partial charge on any atom is -0.495 e. The maximum atomic E-state index is 13.2. The Morgan fingerprint density at radius 2 is 2.03 bits per heavy atom. The number of rotatable bonds is 7. The molecule has 0 aliphatic carbocycles. The lowest BCUT2D eigenvalue weighted by molar-refractivity contribution is 0.318. The number of nitrogens with one attached hydrogen (secondary N) is 2. The van der Waals surface area contributed by atoms with Crippen molar-refractivity contribution in [2.75, 3.05) is 45.3 Å². The van der Waals surface area contributed by atoms with Crippen molar-refractivity contribution in [2.24, 2.45) is 4.99 Å². The van der Waals surface area contributed by atoms with Crippen LogP contribution >= 0.6 is 0 Å². The molecule has 0 spiro atoms. The molecule has 156 valence electrons. The molecule has 2 aromatic rings. The highest BCUT2D eigenvalue weighted by Gasteiger charge is 2.25. The number of anilines is 1. The van der Waals surface area contributed by atoms with Crippen LogP contribution in [0.4, 0.5) is 14.5 Å². The number of aliphatic imine (C=N–C) groups is 1. The van der Waals surface area contributed by atoms with Crippen molar-refractivity contribution in [1.82, 2.24) is 10.6 Å². The first kappa shape index (κ1) is 20.7. The van der Waals surface area contributed by atoms with Crippen LogP contribution in [0.15, 0.2) is 47.5 Å². The number of hydrogen-bond acceptors (Lipinski definition) is 4. The Morgan fingerprint density at radius 3 is 2.79 bits per heavy atom. The molecule has 1 unspecified atom stereocenters. The molecule has 1 heterocycles. The maximum Gasteiger partial charge on any atom is 0.191 e. The second-order valence-electron chi connectivity index (χ2n) is 6.67. The zero-order valence-electron chi connectivity index (χ0n) is 16.6. The number of halogens is 2. The summed E-state index contributed by atoms with van der Waals surface area (Å²) in [7, 11) is 3.39. The van der Waals surface area contributed by atoms with Crippen LogP contribution in [0.3, 0.4) is 0 Å². The molecule has 0 aromatic heterocycles. The SMILES string of the molecule is CN=C(NCCOc1ccc(F)c(F)c1)NC1CCN(c2ccccc2OC)C1. The predicted octanol–water partition coefficient (Wildman–Crippen LogP) is 2.80. The van der Waals surface area contributed by atoms with Crippen LogP contribution in [0.25, 0.3) is 0 Å². The van der Waals surface area contributed by atoms with Gasteiger partial charge in [-0.3, -0.25) is 4.99 Å². The monoisotopic (exact) mass is 404 g/mol. The lowest BCUT2D eigenvalue weighted by Crippen LogP contribution is -2.45. The van der Waals surface area contributed by atoms with E-state index >= 15 is 0 Å². The van der Waals surface area contributed by atoms with Gasteiger partial charge >= 0.3 is 0 Å². The summed E-state index contributed by atoms with van der Waals surface area (Å²) >= 11 is 0. The topological polar surface area (TPSA) is 58.1 Å². The van der Waals surface area contributed by atoms with Crippen molar-refractivity contribution >= 4 is 11.6 Å². The molecule has 1 atom stereocenters. The van der Waals surface area contributed by atoms with E-state index in [1.807, 2.05) is 18.2 Å². The molecule has 0 radical (unpaired) electrons. The Bertz CT molecular complexity index is 847. The van der Waals surface area contributed by atoms with Gasteiger partial charge in [0.1, 0.15) is 18.1 Å². The first-order valence-electron chi connectivity index (χ1n) is 9.53. The summed E-state index contributed by atoms with van der Waals surface area (Å²) in [6, 6.07) is 11.7. The molecule has 2 N–H and O–H groups in total. The van der Waals surface area contributed by atoms with Crippen molar-refractivity contribution in [3.63, 3.8) is 0 Å². The molecule has 0 saturated carbocycles. The van der Waals surface area contributed by atoms with E-state index in [2.05, 4.69) is 26.6 Å². The van der Waals surface area contributed by atoms with Crippen molar-refractivity contribution in [3.05, 3.63) is 54.1 Å². The lowest BCUT2D eigenvalue weighted by atomic mass is 10.2. The van der Waals surface area contributed by atoms with E-state index in [1.54, 1.807) is 14.2 Å². The average molecular weight is 404 g/mol. The molecule has 1 fully saturated rings. The van der Waals surface area contributed by atoms with Gasteiger partial charge in [-0.2, -0.15) is 0 Å². The summed E-state index contributed by atoms with van der Waals surface area (Å²) in [5.74, 6) is 0.0141. The fraction of sp³-hybridized carbons (Fsp3) is 0.381. The molecule has 29 heavy (non-hydrogen) atoms. The van der Waals surface area contributed by atoms with Gasteiger partial charge in [0.05, 0.1) is 19.3 Å². The third-order valence-corrected chi connectivity index (χ3v) is 4.73. The van der Waals surface area contributed by atoms with Crippen LogP contribution in [-0.4, -0.2) is 52.4 Å². The molecule has 8 heteroatoms. The van der Waals surface area contributed by atoms with Gasteiger partial charge in [-0.15, -0.1) is 0 Å². The van der Waals surface area contributed by atoms with E-state index in [9.17, 15) is 8.78 Å². The molecule has 1 aliphatic rings. The number of methoxy groups -OCH3 is 1. The Kier molecular flexibility index (Phi) is 7.10. The van der Waals surface area contributed by atoms with Gasteiger partial charge in [0.2, 0.25) is 0 Å². The smallest absolute Gasteiger partial charge is 0.191 e. The number of ether oxygens (including phenoxy) is 2. The van der Waals surface area contributed by atoms with Crippen molar-refractivity contribution < 1.29 is 18.3 Å². The molecule has 1 saturated heterocycles. The predicted molar refractivity (Wildman–Crippen MR) is 110 cm³/mol. The summed E-state index contributed by atoms with van der Waals surface area (Å²) in [5.41, 5.74) is 1.09. The van der Waals surface area contributed by atoms with Crippen LogP contribution in [-0.2, 0) is 0 Å². The summed E-state index contributed by atoms with van der Waals surface area (Å²) in [6.07, 6.45) is 0.976. The van der Waals surface area contributed by atoms with E-state index in [4.69, 9.17) is 9.47 Å². The Balaban J connectivity index is 1.44. The quantitative estimate of drug-likeness (QED) is 0.422. The van der Waals surface area contributed by atoms with Gasteiger partial charge in [-0.25, -0.2) is 8.78 Å². The minimum absolute atomic E-state index is 0.248. The molecule has 2 aromatic carbocycles. The summed E-state index contributed by atoms with van der Waals surface area (Å²) < 4.78 is 37.0. The van der Waals surface area contributed by atoms with Crippen LogP contribution in [0.5, 0.6) is 11.5 Å². The molecule has 3 rings (SSSR count). The van der Waals surface area contributed by atoms with Gasteiger partial charge in [-0.1, -0.05) is 12.1 Å². The molecular weight excluding hydrogens is 378 g/mol. The average Bonchev–Trinajstić information content (AvgIpc) is 3.21. The van der Waals surface area contributed by atoms with E-state index in [1.165, 1.54) is 6.07 Å². The fourth-order valence-electron chi connectivity index (χ4n) is 3.28. The van der Waals surface area contributed by atoms with Gasteiger partial charge in [0.25, 0.3) is 0 Å². The van der Waals surface area contributed by atoms with E-state index in [0.717, 1.165) is 43.1 Å². The van der Waals surface area contributed by atoms with Crippen molar-refractivity contribution in [1.29, 1.82) is 0 Å². The summed E-state index contributed by atoms with van der Waals surface area (Å²) in [4.78, 5) is 6.53. The maximum absolute atomic E-state index is 13.2. The molecule has 0 amide bonds. The molecule has 6 nitrogen and oxygen atoms in total. The third-order valence-electron chi connectivity index (χ3n) is 4.73. The van der Waals surface area contributed by atoms with Gasteiger partial charge in [-0.05, 0) is 30.7 Å². The third kappa shape index (κ3) is 5.49. The normalized spacial score (nSPS) is 16.6. The highest BCUT2D eigenvalue weighted by Crippen LogP contribution is 2.30. The van der Waals surface area contributed by atoms with Crippen LogP contribution in [0.1, 0.15) is 6.42 Å². The number of guanidine groups is 1. The van der Waals surface area contributed by atoms with Gasteiger partial charge in [0.15, 0.2) is 17.6 Å². The lowest BCUT2D eigenvalue weighted by Gasteiger charge is -2.22. The van der Waals surface area contributed by atoms with Crippen LogP contribution < -0.4 is 25.0 Å². The number of para-hydroxylation sites is 2. The minimum atomic E-state index is -0.922. The number of benzene rings is 2. The van der Waals surface area contributed by atoms with Crippen LogP contribution in [0.2, 0.25) is 0 Å². The van der Waals surface area contributed by atoms with E-state index < -0.39 is 11.6 Å². The molecular formula is C21H26F2N4O2. The zero-order valence-corrected chi connectivity index (χ0v) is 16.6. The standard InChI is InChI=1S/C21H26F2N4O2/c1-24-21(25-10-12-29-16-7-8-17(22)18(23)13-16)26-15-9-11-27(14-15)19-5-3-4-6-20(19)28-2/h3-8,13,15H,9-12,14H2,1-2H3,(H2,24,25,26). The Labute approximate surface area is 169 Å². The first-order chi connectivity index (χ1) is 14.1. The van der Waals surface area contributed by atoms with E-state index in [-0.39, 0.29) is 11.8 Å². The fourth-order valence-corrected chi connectivity index (χ4v) is 3.28. The van der Waals surface area contributed by atoms with Crippen molar-refractivity contribution in [3.8, 4) is 11.5 Å². The second-order valence-corrected chi connectivity index (χ2v) is 6.67. The Hall–Kier alpha value is -3.03. The summed E-state index contributed by atoms with van der Waals surface area (Å²) in [6.45, 7) is 2.53. The van der Waals surface area contributed by atoms with Crippen LogP contribution in [0, 0.1) is 11.6 Å². The van der Waals surface area contributed by atoms with Crippen molar-refractivity contribution in [2.45, 2.75) is 12.5 Å². The zero-order chi connectivity index (χ0) is 20.6. The highest BCUT2D eigenvalue weighted by molar-refractivity contribution is 5.80. The highest BCUT2D eigenvalue weighted by atomic mass is 19.2. The van der Waals surface area contributed by atoms with E-state index in [0.29, 0.717) is 19.1 Å². The van der Waals surface area contributed by atoms with Gasteiger partial charge < -0.3 is 25.0 Å². The largest absolute Gasteiger partial charge is 0.495 e. The summed E-state index contributed by atoms with van der Waals surface area (Å²) in [5, 5.41) is 6.58. The number of hydrogen-bond donors (Lipinski definition) is 2. The Morgan fingerprint density at radius 1 is 1.21 bits per heavy atom. The van der Waals surface area contributed by atoms with Gasteiger partial charge in [0, 0.05) is 32.2 Å². The first-order valence-corrected chi connectivity index (χ1v) is 9.53.